The zero-order valence-corrected chi connectivity index (χ0v) is 17.5. The second-order valence-corrected chi connectivity index (χ2v) is 8.56. The molecule has 0 radical (unpaired) electrons. The van der Waals surface area contributed by atoms with E-state index >= 15 is 0 Å². The second kappa shape index (κ2) is 7.88. The lowest BCUT2D eigenvalue weighted by Crippen LogP contribution is -2.37. The molecular formula is C20H18ClNO6S. The lowest BCUT2D eigenvalue weighted by atomic mass is 10.0. The van der Waals surface area contributed by atoms with E-state index < -0.39 is 27.9 Å². The minimum atomic E-state index is -4.31. The molecule has 0 N–H and O–H groups in total. The number of esters is 1. The van der Waals surface area contributed by atoms with E-state index in [2.05, 4.69) is 0 Å². The Balaban J connectivity index is 2.24. The van der Waals surface area contributed by atoms with Crippen molar-refractivity contribution >= 4 is 33.5 Å². The van der Waals surface area contributed by atoms with E-state index in [0.717, 1.165) is 12.7 Å². The molecule has 1 aliphatic rings. The largest absolute Gasteiger partial charge is 0.491 e. The predicted octanol–water partition coefficient (Wildman–Crippen LogP) is 2.99. The average Bonchev–Trinajstić information content (AvgIpc) is 3.01. The summed E-state index contributed by atoms with van der Waals surface area (Å²) in [6, 6.07) is 11.0. The molecule has 0 aromatic heterocycles. The fourth-order valence-corrected chi connectivity index (χ4v) is 4.74. The summed E-state index contributed by atoms with van der Waals surface area (Å²) in [6.45, 7) is 1.81. The van der Waals surface area contributed by atoms with Crippen LogP contribution in [-0.2, 0) is 29.1 Å². The van der Waals surface area contributed by atoms with Gasteiger partial charge < -0.3 is 9.47 Å². The van der Waals surface area contributed by atoms with Gasteiger partial charge in [0, 0.05) is 5.02 Å². The third-order valence-electron chi connectivity index (χ3n) is 4.52. The number of aryl methyl sites for hydroxylation is 1. The Hall–Kier alpha value is -2.84. The Morgan fingerprint density at radius 2 is 1.62 bits per heavy atom. The Labute approximate surface area is 173 Å². The number of methoxy groups -OCH3 is 2. The number of carbonyl (C=O) groups is 2. The van der Waals surface area contributed by atoms with Gasteiger partial charge in [0.15, 0.2) is 5.76 Å². The molecule has 1 unspecified atom stereocenters. The molecule has 2 aromatic rings. The summed E-state index contributed by atoms with van der Waals surface area (Å²) >= 11 is 5.94. The Morgan fingerprint density at radius 3 is 2.14 bits per heavy atom. The number of carbonyl (C=O) groups excluding carboxylic acids is 2. The maximum atomic E-state index is 13.4. The summed E-state index contributed by atoms with van der Waals surface area (Å²) in [4.78, 5) is 25.4. The SMILES string of the molecule is COC(=O)C1=C(OC)C(=O)N(S(=O)(=O)c2ccc(C)cc2)C1c1ccc(Cl)cc1. The molecule has 0 saturated heterocycles. The van der Waals surface area contributed by atoms with Gasteiger partial charge >= 0.3 is 11.9 Å². The molecule has 9 heteroatoms. The van der Waals surface area contributed by atoms with Gasteiger partial charge in [0.1, 0.15) is 11.6 Å². The summed E-state index contributed by atoms with van der Waals surface area (Å²) in [7, 11) is -1.97. The zero-order chi connectivity index (χ0) is 21.3. The van der Waals surface area contributed by atoms with Gasteiger partial charge in [0.05, 0.1) is 19.1 Å². The van der Waals surface area contributed by atoms with Crippen LogP contribution in [0.2, 0.25) is 5.02 Å². The number of hydrogen-bond donors (Lipinski definition) is 0. The number of amides is 1. The minimum Gasteiger partial charge on any atom is -0.491 e. The molecule has 0 bridgehead atoms. The highest BCUT2D eigenvalue weighted by Crippen LogP contribution is 2.42. The number of hydrogen-bond acceptors (Lipinski definition) is 6. The molecule has 2 aromatic carbocycles. The number of rotatable bonds is 5. The second-order valence-electron chi connectivity index (χ2n) is 6.31. The summed E-state index contributed by atoms with van der Waals surface area (Å²) < 4.78 is 37.3. The Morgan fingerprint density at radius 1 is 1.03 bits per heavy atom. The molecular weight excluding hydrogens is 418 g/mol. The molecule has 1 amide bonds. The molecule has 0 aliphatic carbocycles. The van der Waals surface area contributed by atoms with Crippen LogP contribution in [0.4, 0.5) is 0 Å². The molecule has 0 spiro atoms. The van der Waals surface area contributed by atoms with Crippen molar-refractivity contribution in [3.63, 3.8) is 0 Å². The highest BCUT2D eigenvalue weighted by Gasteiger charge is 2.51. The van der Waals surface area contributed by atoms with Gasteiger partial charge in [-0.15, -0.1) is 0 Å². The van der Waals surface area contributed by atoms with Gasteiger partial charge in [-0.05, 0) is 36.8 Å². The lowest BCUT2D eigenvalue weighted by molar-refractivity contribution is -0.136. The third-order valence-corrected chi connectivity index (χ3v) is 6.53. The van der Waals surface area contributed by atoms with Crippen LogP contribution in [0, 0.1) is 6.92 Å². The number of sulfonamides is 1. The number of nitrogens with zero attached hydrogens (tertiary/aromatic N) is 1. The van der Waals surface area contributed by atoms with Gasteiger partial charge in [-0.2, -0.15) is 0 Å². The van der Waals surface area contributed by atoms with Crippen molar-refractivity contribution in [1.29, 1.82) is 0 Å². The third kappa shape index (κ3) is 3.61. The normalized spacial score (nSPS) is 16.9. The first-order valence-corrected chi connectivity index (χ1v) is 10.3. The van der Waals surface area contributed by atoms with Crippen molar-refractivity contribution in [1.82, 2.24) is 4.31 Å². The standard InChI is InChI=1S/C20H18ClNO6S/c1-12-4-10-15(11-5-12)29(25,26)22-17(13-6-8-14(21)9-7-13)16(20(24)28-3)18(27-2)19(22)23/h4-11,17H,1-3H3. The van der Waals surface area contributed by atoms with Gasteiger partial charge in [-0.1, -0.05) is 41.4 Å². The lowest BCUT2D eigenvalue weighted by Gasteiger charge is -2.26. The highest BCUT2D eigenvalue weighted by atomic mass is 35.5. The molecule has 0 saturated carbocycles. The van der Waals surface area contributed by atoms with Gasteiger partial charge in [-0.25, -0.2) is 17.5 Å². The monoisotopic (exact) mass is 435 g/mol. The van der Waals surface area contributed by atoms with E-state index in [1.165, 1.54) is 31.4 Å². The van der Waals surface area contributed by atoms with Crippen LogP contribution in [0.15, 0.2) is 64.8 Å². The van der Waals surface area contributed by atoms with E-state index in [9.17, 15) is 18.0 Å². The molecule has 152 valence electrons. The maximum Gasteiger partial charge on any atom is 0.340 e. The van der Waals surface area contributed by atoms with E-state index in [1.54, 1.807) is 24.3 Å². The van der Waals surface area contributed by atoms with Crippen LogP contribution in [-0.4, -0.2) is 38.8 Å². The highest BCUT2D eigenvalue weighted by molar-refractivity contribution is 7.89. The molecule has 1 atom stereocenters. The van der Waals surface area contributed by atoms with Crippen molar-refractivity contribution in [3.05, 3.63) is 76.0 Å². The number of ether oxygens (including phenoxy) is 2. The summed E-state index contributed by atoms with van der Waals surface area (Å²) in [5, 5.41) is 0.418. The number of benzene rings is 2. The van der Waals surface area contributed by atoms with Crippen LogP contribution in [0.1, 0.15) is 17.2 Å². The topological polar surface area (TPSA) is 90.0 Å². The van der Waals surface area contributed by atoms with Gasteiger partial charge in [-0.3, -0.25) is 4.79 Å². The van der Waals surface area contributed by atoms with Crippen LogP contribution in [0.3, 0.4) is 0 Å². The van der Waals surface area contributed by atoms with Crippen molar-refractivity contribution in [2.45, 2.75) is 17.9 Å². The van der Waals surface area contributed by atoms with Crippen molar-refractivity contribution in [3.8, 4) is 0 Å². The zero-order valence-electron chi connectivity index (χ0n) is 15.9. The summed E-state index contributed by atoms with van der Waals surface area (Å²) in [5.41, 5.74) is 1.03. The average molecular weight is 436 g/mol. The quantitative estimate of drug-likeness (QED) is 0.670. The van der Waals surface area contributed by atoms with Crippen molar-refractivity contribution in [2.24, 2.45) is 0 Å². The van der Waals surface area contributed by atoms with E-state index in [0.29, 0.717) is 14.9 Å². The van der Waals surface area contributed by atoms with Crippen LogP contribution in [0.25, 0.3) is 0 Å². The Bertz CT molecular complexity index is 1090. The van der Waals surface area contributed by atoms with Crippen LogP contribution >= 0.6 is 11.6 Å². The van der Waals surface area contributed by atoms with Crippen LogP contribution in [0.5, 0.6) is 0 Å². The van der Waals surface area contributed by atoms with E-state index in [4.69, 9.17) is 21.1 Å². The van der Waals surface area contributed by atoms with Crippen LogP contribution < -0.4 is 0 Å². The van der Waals surface area contributed by atoms with E-state index in [1.807, 2.05) is 6.92 Å². The molecule has 3 rings (SSSR count). The summed E-state index contributed by atoms with van der Waals surface area (Å²) in [6.07, 6.45) is 0. The first-order chi connectivity index (χ1) is 13.7. The van der Waals surface area contributed by atoms with Crippen molar-refractivity contribution < 1.29 is 27.5 Å². The predicted molar refractivity (Wildman–Crippen MR) is 105 cm³/mol. The van der Waals surface area contributed by atoms with Gasteiger partial charge in [0.2, 0.25) is 0 Å². The minimum absolute atomic E-state index is 0.0861. The number of halogens is 1. The van der Waals surface area contributed by atoms with Gasteiger partial charge in [0.25, 0.3) is 10.0 Å². The van der Waals surface area contributed by atoms with E-state index in [-0.39, 0.29) is 16.2 Å². The fraction of sp³-hybridized carbons (Fsp3) is 0.200. The summed E-state index contributed by atoms with van der Waals surface area (Å²) in [5.74, 6) is -2.20. The Kier molecular flexibility index (Phi) is 5.68. The molecule has 1 aliphatic heterocycles. The first kappa shape index (κ1) is 20.9. The maximum absolute atomic E-state index is 13.4. The molecule has 1 heterocycles. The van der Waals surface area contributed by atoms with Crippen molar-refractivity contribution in [2.75, 3.05) is 14.2 Å². The smallest absolute Gasteiger partial charge is 0.340 e. The molecule has 29 heavy (non-hydrogen) atoms. The molecule has 7 nitrogen and oxygen atoms in total. The fourth-order valence-electron chi connectivity index (χ4n) is 3.10. The first-order valence-electron chi connectivity index (χ1n) is 8.49. The molecule has 0 fully saturated rings.